The number of aryl methyl sites for hydroxylation is 2. The minimum Gasteiger partial charge on any atom is -0.396 e. The Morgan fingerprint density at radius 3 is 2.60 bits per heavy atom. The smallest absolute Gasteiger partial charge is 0.0505 e. The largest absolute Gasteiger partial charge is 0.396 e. The Morgan fingerprint density at radius 2 is 2.13 bits per heavy atom. The van der Waals surface area contributed by atoms with Gasteiger partial charge in [-0.25, -0.2) is 0 Å². The summed E-state index contributed by atoms with van der Waals surface area (Å²) >= 11 is 0. The summed E-state index contributed by atoms with van der Waals surface area (Å²) in [6, 6.07) is 6.55. The van der Waals surface area contributed by atoms with Crippen LogP contribution in [0.4, 0.5) is 0 Å². The predicted molar refractivity (Wildman–Crippen MR) is 61.8 cm³/mol. The third-order valence-corrected chi connectivity index (χ3v) is 3.84. The molecule has 2 heteroatoms. The van der Waals surface area contributed by atoms with E-state index in [1.807, 2.05) is 0 Å². The van der Waals surface area contributed by atoms with Gasteiger partial charge in [0.25, 0.3) is 0 Å². The summed E-state index contributed by atoms with van der Waals surface area (Å²) in [4.78, 5) is 0. The van der Waals surface area contributed by atoms with Crippen LogP contribution in [0.1, 0.15) is 29.0 Å². The van der Waals surface area contributed by atoms with Crippen LogP contribution in [0.2, 0.25) is 0 Å². The van der Waals surface area contributed by atoms with Gasteiger partial charge in [-0.05, 0) is 42.9 Å². The number of rotatable bonds is 3. The summed E-state index contributed by atoms with van der Waals surface area (Å²) in [5.74, 6) is 0.465. The Kier molecular flexibility index (Phi) is 2.57. The lowest BCUT2D eigenvalue weighted by Crippen LogP contribution is -2.21. The van der Waals surface area contributed by atoms with Gasteiger partial charge >= 0.3 is 0 Å². The van der Waals surface area contributed by atoms with Crippen molar-refractivity contribution in [3.8, 4) is 0 Å². The molecule has 0 aromatic heterocycles. The van der Waals surface area contributed by atoms with Gasteiger partial charge < -0.3 is 10.8 Å². The van der Waals surface area contributed by atoms with Gasteiger partial charge in [0.15, 0.2) is 0 Å². The second-order valence-electron chi connectivity index (χ2n) is 4.83. The molecule has 0 radical (unpaired) electrons. The van der Waals surface area contributed by atoms with Gasteiger partial charge in [-0.2, -0.15) is 0 Å². The highest BCUT2D eigenvalue weighted by Crippen LogP contribution is 2.58. The van der Waals surface area contributed by atoms with E-state index < -0.39 is 0 Å². The van der Waals surface area contributed by atoms with Crippen LogP contribution in [0.25, 0.3) is 0 Å². The number of benzene rings is 1. The fourth-order valence-corrected chi connectivity index (χ4v) is 2.27. The zero-order valence-corrected chi connectivity index (χ0v) is 9.46. The zero-order chi connectivity index (χ0) is 11.1. The molecule has 1 fully saturated rings. The van der Waals surface area contributed by atoms with E-state index in [1.165, 1.54) is 16.7 Å². The molecule has 15 heavy (non-hydrogen) atoms. The lowest BCUT2D eigenvalue weighted by Gasteiger charge is -2.12. The quantitative estimate of drug-likeness (QED) is 0.789. The van der Waals surface area contributed by atoms with Gasteiger partial charge in [-0.3, -0.25) is 0 Å². The van der Waals surface area contributed by atoms with Gasteiger partial charge in [0.05, 0.1) is 6.61 Å². The standard InChI is InChI=1S/C13H19NO/c1-9-3-4-11(5-10(9)2)12-6-13(12,7-14)8-15/h3-5,12,15H,6-8,14H2,1-2H3. The van der Waals surface area contributed by atoms with Crippen LogP contribution in [-0.2, 0) is 0 Å². The van der Waals surface area contributed by atoms with E-state index in [0.29, 0.717) is 12.5 Å². The van der Waals surface area contributed by atoms with E-state index in [2.05, 4.69) is 32.0 Å². The highest BCUT2D eigenvalue weighted by Gasteiger charge is 2.53. The molecule has 2 nitrogen and oxygen atoms in total. The van der Waals surface area contributed by atoms with Crippen LogP contribution in [0, 0.1) is 19.3 Å². The first-order valence-corrected chi connectivity index (χ1v) is 5.51. The molecule has 82 valence electrons. The Hall–Kier alpha value is -0.860. The first kappa shape index (κ1) is 10.7. The Labute approximate surface area is 91.1 Å². The van der Waals surface area contributed by atoms with E-state index in [4.69, 9.17) is 5.73 Å². The summed E-state index contributed by atoms with van der Waals surface area (Å²) in [7, 11) is 0. The number of hydrogen-bond donors (Lipinski definition) is 2. The molecule has 3 N–H and O–H groups in total. The highest BCUT2D eigenvalue weighted by molar-refractivity contribution is 5.37. The molecule has 1 aliphatic rings. The van der Waals surface area contributed by atoms with Crippen molar-refractivity contribution in [2.75, 3.05) is 13.2 Å². The maximum atomic E-state index is 9.33. The van der Waals surface area contributed by atoms with Crippen LogP contribution in [0.3, 0.4) is 0 Å². The second kappa shape index (κ2) is 3.62. The Morgan fingerprint density at radius 1 is 1.40 bits per heavy atom. The van der Waals surface area contributed by atoms with E-state index >= 15 is 0 Å². The fourth-order valence-electron chi connectivity index (χ4n) is 2.27. The van der Waals surface area contributed by atoms with E-state index in [-0.39, 0.29) is 12.0 Å². The van der Waals surface area contributed by atoms with Crippen molar-refractivity contribution in [1.29, 1.82) is 0 Å². The molecule has 0 spiro atoms. The van der Waals surface area contributed by atoms with Gasteiger partial charge in [0, 0.05) is 12.0 Å². The number of aliphatic hydroxyl groups excluding tert-OH is 1. The summed E-state index contributed by atoms with van der Waals surface area (Å²) < 4.78 is 0. The molecule has 0 aliphatic heterocycles. The molecule has 2 rings (SSSR count). The monoisotopic (exact) mass is 205 g/mol. The summed E-state index contributed by atoms with van der Waals surface area (Å²) in [5.41, 5.74) is 9.66. The molecular weight excluding hydrogens is 186 g/mol. The van der Waals surface area contributed by atoms with Crippen molar-refractivity contribution in [3.63, 3.8) is 0 Å². The van der Waals surface area contributed by atoms with Crippen LogP contribution in [0.5, 0.6) is 0 Å². The van der Waals surface area contributed by atoms with Crippen molar-refractivity contribution in [2.24, 2.45) is 11.1 Å². The van der Waals surface area contributed by atoms with E-state index in [9.17, 15) is 5.11 Å². The molecule has 0 bridgehead atoms. The van der Waals surface area contributed by atoms with Gasteiger partial charge in [0.2, 0.25) is 0 Å². The van der Waals surface area contributed by atoms with Gasteiger partial charge in [0.1, 0.15) is 0 Å². The maximum absolute atomic E-state index is 9.33. The normalized spacial score (nSPS) is 29.2. The zero-order valence-electron chi connectivity index (χ0n) is 9.46. The summed E-state index contributed by atoms with van der Waals surface area (Å²) in [5, 5.41) is 9.33. The topological polar surface area (TPSA) is 46.2 Å². The summed E-state index contributed by atoms with van der Waals surface area (Å²) in [6.45, 7) is 5.04. The molecular formula is C13H19NO. The predicted octanol–water partition coefficient (Wildman–Crippen LogP) is 1.73. The Bertz CT molecular complexity index is 369. The van der Waals surface area contributed by atoms with Crippen molar-refractivity contribution in [1.82, 2.24) is 0 Å². The maximum Gasteiger partial charge on any atom is 0.0505 e. The highest BCUT2D eigenvalue weighted by atomic mass is 16.3. The molecule has 1 saturated carbocycles. The molecule has 1 aliphatic carbocycles. The molecule has 1 aromatic rings. The Balaban J connectivity index is 2.23. The lowest BCUT2D eigenvalue weighted by atomic mass is 9.97. The first-order valence-electron chi connectivity index (χ1n) is 5.51. The molecule has 1 aromatic carbocycles. The fraction of sp³-hybridized carbons (Fsp3) is 0.538. The third-order valence-electron chi connectivity index (χ3n) is 3.84. The van der Waals surface area contributed by atoms with Gasteiger partial charge in [-0.1, -0.05) is 18.2 Å². The molecule has 0 heterocycles. The minimum atomic E-state index is -0.0261. The van der Waals surface area contributed by atoms with Crippen molar-refractivity contribution >= 4 is 0 Å². The van der Waals surface area contributed by atoms with Crippen LogP contribution in [0.15, 0.2) is 18.2 Å². The van der Waals surface area contributed by atoms with Crippen LogP contribution in [-0.4, -0.2) is 18.3 Å². The SMILES string of the molecule is Cc1ccc(C2CC2(CN)CO)cc1C. The average Bonchev–Trinajstić information content (AvgIpc) is 2.97. The van der Waals surface area contributed by atoms with Crippen molar-refractivity contribution in [3.05, 3.63) is 34.9 Å². The molecule has 2 atom stereocenters. The van der Waals surface area contributed by atoms with E-state index in [0.717, 1.165) is 6.42 Å². The van der Waals surface area contributed by atoms with Crippen molar-refractivity contribution in [2.45, 2.75) is 26.2 Å². The van der Waals surface area contributed by atoms with Gasteiger partial charge in [-0.15, -0.1) is 0 Å². The van der Waals surface area contributed by atoms with Crippen molar-refractivity contribution < 1.29 is 5.11 Å². The number of aliphatic hydroxyl groups is 1. The summed E-state index contributed by atoms with van der Waals surface area (Å²) in [6.07, 6.45) is 1.03. The minimum absolute atomic E-state index is 0.0261. The average molecular weight is 205 g/mol. The first-order chi connectivity index (χ1) is 7.13. The molecule has 0 saturated heterocycles. The number of nitrogens with two attached hydrogens (primary N) is 1. The van der Waals surface area contributed by atoms with Crippen LogP contribution >= 0.6 is 0 Å². The molecule has 0 amide bonds. The second-order valence-corrected chi connectivity index (χ2v) is 4.83. The lowest BCUT2D eigenvalue weighted by molar-refractivity contribution is 0.211. The van der Waals surface area contributed by atoms with E-state index in [1.54, 1.807) is 0 Å². The molecule has 2 unspecified atom stereocenters. The van der Waals surface area contributed by atoms with Crippen LogP contribution < -0.4 is 5.73 Å². The number of hydrogen-bond acceptors (Lipinski definition) is 2. The third kappa shape index (κ3) is 1.68.